The van der Waals surface area contributed by atoms with Crippen LogP contribution in [-0.2, 0) is 9.59 Å². The van der Waals surface area contributed by atoms with Gasteiger partial charge >= 0.3 is 0 Å². The van der Waals surface area contributed by atoms with Gasteiger partial charge in [0.2, 0.25) is 0 Å². The van der Waals surface area contributed by atoms with Crippen molar-refractivity contribution in [2.45, 2.75) is 0 Å². The minimum Gasteiger partial charge on any atom is -0.338 e. The molecule has 0 amide bonds. The van der Waals surface area contributed by atoms with Gasteiger partial charge in [0.1, 0.15) is 23.2 Å². The van der Waals surface area contributed by atoms with Crippen molar-refractivity contribution in [3.63, 3.8) is 0 Å². The first-order chi connectivity index (χ1) is 14.7. The smallest absolute Gasteiger partial charge is 0.146 e. The molecule has 0 aliphatic heterocycles. The molecule has 6 nitrogen and oxygen atoms in total. The normalized spacial score (nSPS) is 12.0. The molecule has 0 fully saturated rings. The fraction of sp³-hybridized carbons (Fsp3) is 0. The summed E-state index contributed by atoms with van der Waals surface area (Å²) < 4.78 is 0. The predicted molar refractivity (Wildman–Crippen MR) is 126 cm³/mol. The fourth-order valence-electron chi connectivity index (χ4n) is 3.53. The highest BCUT2D eigenvalue weighted by Gasteiger charge is 2.08. The topological polar surface area (TPSA) is 91.5 Å². The number of carbonyl (C=O) groups excluding carboxylic acids is 2. The fourth-order valence-corrected chi connectivity index (χ4v) is 4.44. The highest BCUT2D eigenvalue weighted by Crippen LogP contribution is 2.29. The van der Waals surface area contributed by atoms with Crippen LogP contribution in [0.2, 0.25) is 0 Å². The molecule has 30 heavy (non-hydrogen) atoms. The predicted octanol–water partition coefficient (Wildman–Crippen LogP) is 3.76. The number of nitrogens with one attached hydrogen (secondary N) is 2. The number of hydrogen-bond acceptors (Lipinski definition) is 4. The molecule has 2 N–H and O–H groups in total. The van der Waals surface area contributed by atoms with Crippen molar-refractivity contribution in [3.8, 4) is 22.5 Å². The number of imidazole rings is 2. The van der Waals surface area contributed by atoms with Gasteiger partial charge in [-0.3, -0.25) is 9.59 Å². The summed E-state index contributed by atoms with van der Waals surface area (Å²) in [7, 11) is 0.0759. The number of hydrogen-bond donors (Lipinski definition) is 2. The van der Waals surface area contributed by atoms with E-state index in [0.29, 0.717) is 11.1 Å². The van der Waals surface area contributed by atoms with Gasteiger partial charge in [-0.05, 0) is 45.8 Å². The molecule has 0 aliphatic carbocycles. The number of nitrogens with zero attached hydrogens (tertiary/aromatic N) is 2. The van der Waals surface area contributed by atoms with Crippen LogP contribution in [0.15, 0.2) is 60.9 Å². The molecule has 2 unspecified atom stereocenters. The first-order valence-corrected chi connectivity index (χ1v) is 11.4. The molecule has 2 aromatic heterocycles. The first kappa shape index (κ1) is 18.8. The summed E-state index contributed by atoms with van der Waals surface area (Å²) in [6, 6.07) is 18.7. The molecule has 3 aromatic carbocycles. The minimum atomic E-state index is 0.0379. The van der Waals surface area contributed by atoms with Crippen LogP contribution >= 0.6 is 17.2 Å². The molecule has 5 aromatic rings. The second kappa shape index (κ2) is 7.91. The molecule has 2 atom stereocenters. The average Bonchev–Trinajstić information content (AvgIpc) is 3.42. The van der Waals surface area contributed by atoms with E-state index in [0.717, 1.165) is 56.1 Å². The van der Waals surface area contributed by atoms with E-state index in [1.807, 2.05) is 0 Å². The van der Waals surface area contributed by atoms with Gasteiger partial charge in [-0.2, -0.15) is 0 Å². The quantitative estimate of drug-likeness (QED) is 0.244. The Balaban J connectivity index is 1.53. The average molecular weight is 430 g/mol. The van der Waals surface area contributed by atoms with E-state index in [4.69, 9.17) is 0 Å². The third-order valence-electron chi connectivity index (χ3n) is 4.96. The largest absolute Gasteiger partial charge is 0.338 e. The molecule has 0 saturated carbocycles. The molecule has 0 radical (unpaired) electrons. The maximum Gasteiger partial charge on any atom is 0.146 e. The van der Waals surface area contributed by atoms with Crippen LogP contribution < -0.4 is 11.1 Å². The summed E-state index contributed by atoms with van der Waals surface area (Å²) in [6.07, 6.45) is 3.54. The Morgan fingerprint density at radius 2 is 1.10 bits per heavy atom. The maximum atomic E-state index is 10.7. The zero-order valence-corrected chi connectivity index (χ0v) is 17.6. The van der Waals surface area contributed by atoms with E-state index in [-0.39, 0.29) is 17.2 Å². The number of benzene rings is 3. The van der Waals surface area contributed by atoms with Crippen molar-refractivity contribution in [3.05, 3.63) is 60.9 Å². The molecule has 2 heterocycles. The van der Waals surface area contributed by atoms with E-state index >= 15 is 0 Å². The lowest BCUT2D eigenvalue weighted by Crippen LogP contribution is -1.98. The van der Waals surface area contributed by atoms with E-state index in [2.05, 4.69) is 68.5 Å². The van der Waals surface area contributed by atoms with Crippen molar-refractivity contribution < 1.29 is 9.59 Å². The summed E-state index contributed by atoms with van der Waals surface area (Å²) in [5.74, 6) is 0. The Hall–Kier alpha value is -3.20. The monoisotopic (exact) mass is 430 g/mol. The molecule has 0 saturated heterocycles. The Bertz CT molecular complexity index is 1300. The first-order valence-electron chi connectivity index (χ1n) is 9.22. The van der Waals surface area contributed by atoms with Crippen molar-refractivity contribution in [1.29, 1.82) is 0 Å². The van der Waals surface area contributed by atoms with Gasteiger partial charge in [0, 0.05) is 28.3 Å². The second-order valence-corrected chi connectivity index (χ2v) is 8.79. The van der Waals surface area contributed by atoms with E-state index < -0.39 is 0 Å². The lowest BCUT2D eigenvalue weighted by molar-refractivity contribution is 0.569. The molecular weight excluding hydrogens is 414 g/mol. The number of rotatable bonds is 6. The summed E-state index contributed by atoms with van der Waals surface area (Å²) in [6.45, 7) is 0. The highest BCUT2D eigenvalue weighted by molar-refractivity contribution is 7.62. The maximum absolute atomic E-state index is 10.7. The van der Waals surface area contributed by atoms with Gasteiger partial charge in [0.05, 0.1) is 23.8 Å². The molecule has 8 heteroatoms. The van der Waals surface area contributed by atoms with Crippen molar-refractivity contribution >= 4 is 61.9 Å². The summed E-state index contributed by atoms with van der Waals surface area (Å²) >= 11 is 0. The Morgan fingerprint density at radius 3 is 1.53 bits per heavy atom. The number of aromatic amines is 2. The highest BCUT2D eigenvalue weighted by atomic mass is 31.1. The van der Waals surface area contributed by atoms with Crippen LogP contribution in [0.1, 0.15) is 0 Å². The SMILES string of the molecule is O=CPc1ncc(-c2ccc3cc4cc(-c5cnc(PC=O)[nH]5)ccc4cc3c2)[nH]1. The van der Waals surface area contributed by atoms with Gasteiger partial charge in [-0.25, -0.2) is 9.97 Å². The minimum absolute atomic E-state index is 0.0379. The zero-order valence-electron chi connectivity index (χ0n) is 15.6. The summed E-state index contributed by atoms with van der Waals surface area (Å²) in [5, 5.41) is 4.56. The molecule has 5 rings (SSSR count). The lowest BCUT2D eigenvalue weighted by Gasteiger charge is -2.07. The summed E-state index contributed by atoms with van der Waals surface area (Å²) in [5.41, 5.74) is 5.27. The van der Waals surface area contributed by atoms with Gasteiger partial charge in [0.15, 0.2) is 0 Å². The van der Waals surface area contributed by atoms with E-state index in [9.17, 15) is 9.59 Å². The summed E-state index contributed by atoms with van der Waals surface area (Å²) in [4.78, 5) is 36.3. The number of carbonyl (C=O) groups is 2. The van der Waals surface area contributed by atoms with Crippen molar-refractivity contribution in [1.82, 2.24) is 19.9 Å². The molecule has 0 spiro atoms. The third kappa shape index (κ3) is 3.56. The van der Waals surface area contributed by atoms with Gasteiger partial charge in [0.25, 0.3) is 0 Å². The van der Waals surface area contributed by atoms with Crippen LogP contribution in [0.3, 0.4) is 0 Å². The zero-order chi connectivity index (χ0) is 20.5. The van der Waals surface area contributed by atoms with E-state index in [1.54, 1.807) is 12.4 Å². The van der Waals surface area contributed by atoms with Crippen LogP contribution in [0.4, 0.5) is 0 Å². The van der Waals surface area contributed by atoms with Crippen molar-refractivity contribution in [2.24, 2.45) is 0 Å². The van der Waals surface area contributed by atoms with Crippen LogP contribution in [0.25, 0.3) is 44.1 Å². The van der Waals surface area contributed by atoms with Crippen LogP contribution in [-0.4, -0.2) is 32.0 Å². The van der Waals surface area contributed by atoms with Gasteiger partial charge < -0.3 is 9.97 Å². The van der Waals surface area contributed by atoms with Gasteiger partial charge in [-0.1, -0.05) is 24.3 Å². The second-order valence-electron chi connectivity index (χ2n) is 6.79. The number of fused-ring (bicyclic) bond motifs is 2. The lowest BCUT2D eigenvalue weighted by atomic mass is 9.99. The molecule has 146 valence electrons. The Morgan fingerprint density at radius 1 is 0.633 bits per heavy atom. The standard InChI is InChI=1S/C22H16N4O2P2/c27-11-29-21-23-9-19(25-21)15-3-1-13-5-18-8-16(4-2-14(18)6-17(13)7-15)20-10-24-22(26-20)30-12-28/h1-12,29-30H,(H,23,25)(H,24,26). The Labute approximate surface area is 175 Å². The number of H-pyrrole nitrogens is 2. The Kier molecular flexibility index (Phi) is 4.96. The van der Waals surface area contributed by atoms with E-state index in [1.165, 1.54) is 0 Å². The van der Waals surface area contributed by atoms with Crippen molar-refractivity contribution in [2.75, 3.05) is 0 Å². The number of aromatic nitrogens is 4. The van der Waals surface area contributed by atoms with Crippen LogP contribution in [0.5, 0.6) is 0 Å². The molecule has 0 aliphatic rings. The molecular formula is C22H16N4O2P2. The molecule has 0 bridgehead atoms. The third-order valence-corrected chi connectivity index (χ3v) is 6.25. The van der Waals surface area contributed by atoms with Gasteiger partial charge in [-0.15, -0.1) is 0 Å². The van der Waals surface area contributed by atoms with Crippen LogP contribution in [0, 0.1) is 0 Å².